The van der Waals surface area contributed by atoms with Crippen LogP contribution in [0.1, 0.15) is 25.3 Å². The van der Waals surface area contributed by atoms with Gasteiger partial charge in [-0.3, -0.25) is 0 Å². The highest BCUT2D eigenvalue weighted by atomic mass is 16.5. The molecule has 0 aliphatic carbocycles. The molecule has 1 aromatic carbocycles. The van der Waals surface area contributed by atoms with Crippen LogP contribution in [0.5, 0.6) is 17.2 Å². The third kappa shape index (κ3) is 2.67. The molecule has 0 spiro atoms. The van der Waals surface area contributed by atoms with Crippen LogP contribution in [0.3, 0.4) is 0 Å². The summed E-state index contributed by atoms with van der Waals surface area (Å²) in [5.41, 5.74) is 0.827. The first kappa shape index (κ1) is 14.2. The van der Waals surface area contributed by atoms with Gasteiger partial charge >= 0.3 is 0 Å². The van der Waals surface area contributed by atoms with Crippen molar-refractivity contribution in [2.24, 2.45) is 5.92 Å². The van der Waals surface area contributed by atoms with E-state index in [2.05, 4.69) is 6.07 Å². The van der Waals surface area contributed by atoms with Crippen molar-refractivity contribution in [1.29, 1.82) is 5.26 Å². The standard InChI is InChI=1S/C14H19NO3/c1-9(2)11(8-15)10-6-13(17-4)14(18-5)7-12(10)16-3/h6-7,9,11H,1-5H3. The van der Waals surface area contributed by atoms with Gasteiger partial charge in [0.2, 0.25) is 0 Å². The summed E-state index contributed by atoms with van der Waals surface area (Å²) in [7, 11) is 4.73. The van der Waals surface area contributed by atoms with Gasteiger partial charge in [0, 0.05) is 11.6 Å². The molecule has 4 heteroatoms. The summed E-state index contributed by atoms with van der Waals surface area (Å²) in [4.78, 5) is 0. The van der Waals surface area contributed by atoms with Gasteiger partial charge in [-0.2, -0.15) is 5.26 Å². The van der Waals surface area contributed by atoms with Gasteiger partial charge in [0.15, 0.2) is 11.5 Å². The Morgan fingerprint density at radius 2 is 1.44 bits per heavy atom. The maximum Gasteiger partial charge on any atom is 0.164 e. The van der Waals surface area contributed by atoms with Crippen molar-refractivity contribution in [3.63, 3.8) is 0 Å². The van der Waals surface area contributed by atoms with Gasteiger partial charge in [-0.1, -0.05) is 13.8 Å². The van der Waals surface area contributed by atoms with Crippen molar-refractivity contribution in [2.75, 3.05) is 21.3 Å². The van der Waals surface area contributed by atoms with Crippen molar-refractivity contribution in [2.45, 2.75) is 19.8 Å². The fraction of sp³-hybridized carbons (Fsp3) is 0.500. The molecule has 0 saturated heterocycles. The molecule has 0 aliphatic heterocycles. The molecular formula is C14H19NO3. The summed E-state index contributed by atoms with van der Waals surface area (Å²) >= 11 is 0. The van der Waals surface area contributed by atoms with Crippen LogP contribution in [0.25, 0.3) is 0 Å². The Labute approximate surface area is 108 Å². The van der Waals surface area contributed by atoms with Crippen LogP contribution in [0.2, 0.25) is 0 Å². The number of nitrogens with zero attached hydrogens (tertiary/aromatic N) is 1. The SMILES string of the molecule is COc1cc(OC)c(C(C#N)C(C)C)cc1OC. The molecule has 0 radical (unpaired) electrons. The molecule has 4 nitrogen and oxygen atoms in total. The average Bonchev–Trinajstić information content (AvgIpc) is 2.38. The normalized spacial score (nSPS) is 11.8. The second-order valence-corrected chi connectivity index (χ2v) is 4.30. The Kier molecular flexibility index (Phi) is 4.85. The lowest BCUT2D eigenvalue weighted by Gasteiger charge is -2.19. The van der Waals surface area contributed by atoms with Crippen LogP contribution in [0, 0.1) is 17.2 Å². The highest BCUT2D eigenvalue weighted by molar-refractivity contribution is 5.53. The van der Waals surface area contributed by atoms with E-state index in [4.69, 9.17) is 14.2 Å². The Balaban J connectivity index is 3.38. The summed E-state index contributed by atoms with van der Waals surface area (Å²) in [6, 6.07) is 5.87. The topological polar surface area (TPSA) is 51.5 Å². The molecule has 0 bridgehead atoms. The molecular weight excluding hydrogens is 230 g/mol. The third-order valence-corrected chi connectivity index (χ3v) is 2.88. The predicted octanol–water partition coefficient (Wildman–Crippen LogP) is 2.98. The summed E-state index contributed by atoms with van der Waals surface area (Å²) < 4.78 is 15.8. The minimum atomic E-state index is -0.236. The van der Waals surface area contributed by atoms with Crippen molar-refractivity contribution < 1.29 is 14.2 Å². The maximum absolute atomic E-state index is 9.28. The zero-order chi connectivity index (χ0) is 13.7. The van der Waals surface area contributed by atoms with E-state index in [1.807, 2.05) is 19.9 Å². The van der Waals surface area contributed by atoms with Gasteiger partial charge < -0.3 is 14.2 Å². The van der Waals surface area contributed by atoms with Crippen LogP contribution in [0.15, 0.2) is 12.1 Å². The maximum atomic E-state index is 9.28. The van der Waals surface area contributed by atoms with E-state index in [-0.39, 0.29) is 11.8 Å². The van der Waals surface area contributed by atoms with E-state index in [9.17, 15) is 5.26 Å². The smallest absolute Gasteiger partial charge is 0.164 e. The second kappa shape index (κ2) is 6.15. The molecule has 1 rings (SSSR count). The number of rotatable bonds is 5. The van der Waals surface area contributed by atoms with Crippen LogP contribution < -0.4 is 14.2 Å². The Morgan fingerprint density at radius 1 is 0.944 bits per heavy atom. The van der Waals surface area contributed by atoms with Crippen molar-refractivity contribution >= 4 is 0 Å². The van der Waals surface area contributed by atoms with Crippen LogP contribution in [-0.4, -0.2) is 21.3 Å². The molecule has 1 atom stereocenters. The van der Waals surface area contributed by atoms with E-state index < -0.39 is 0 Å². The summed E-state index contributed by atoms with van der Waals surface area (Å²) in [6.45, 7) is 4.01. The lowest BCUT2D eigenvalue weighted by Crippen LogP contribution is -2.07. The van der Waals surface area contributed by atoms with Crippen LogP contribution in [-0.2, 0) is 0 Å². The molecule has 0 N–H and O–H groups in total. The van der Waals surface area contributed by atoms with Gasteiger partial charge in [0.25, 0.3) is 0 Å². The molecule has 0 aliphatic rings. The van der Waals surface area contributed by atoms with E-state index >= 15 is 0 Å². The minimum Gasteiger partial charge on any atom is -0.496 e. The molecule has 18 heavy (non-hydrogen) atoms. The molecule has 0 heterocycles. The Morgan fingerprint density at radius 3 is 1.83 bits per heavy atom. The van der Waals surface area contributed by atoms with Gasteiger partial charge in [-0.05, 0) is 12.0 Å². The van der Waals surface area contributed by atoms with Gasteiger partial charge in [-0.15, -0.1) is 0 Å². The van der Waals surface area contributed by atoms with E-state index in [0.717, 1.165) is 5.56 Å². The number of hydrogen-bond donors (Lipinski definition) is 0. The van der Waals surface area contributed by atoms with Crippen molar-refractivity contribution in [3.05, 3.63) is 17.7 Å². The highest BCUT2D eigenvalue weighted by Gasteiger charge is 2.22. The largest absolute Gasteiger partial charge is 0.496 e. The lowest BCUT2D eigenvalue weighted by atomic mass is 9.89. The molecule has 0 fully saturated rings. The first-order valence-corrected chi connectivity index (χ1v) is 5.78. The number of methoxy groups -OCH3 is 3. The molecule has 1 aromatic rings. The fourth-order valence-electron chi connectivity index (χ4n) is 1.87. The quantitative estimate of drug-likeness (QED) is 0.805. The third-order valence-electron chi connectivity index (χ3n) is 2.88. The van der Waals surface area contributed by atoms with Crippen LogP contribution in [0.4, 0.5) is 0 Å². The van der Waals surface area contributed by atoms with Crippen molar-refractivity contribution in [1.82, 2.24) is 0 Å². The van der Waals surface area contributed by atoms with Gasteiger partial charge in [0.1, 0.15) is 5.75 Å². The molecule has 98 valence electrons. The van der Waals surface area contributed by atoms with Crippen LogP contribution >= 0.6 is 0 Å². The van der Waals surface area contributed by atoms with Gasteiger partial charge in [0.05, 0.1) is 33.3 Å². The Bertz CT molecular complexity index is 449. The molecule has 0 saturated carbocycles. The summed E-state index contributed by atoms with van der Waals surface area (Å²) in [5.74, 6) is 1.81. The van der Waals surface area contributed by atoms with E-state index in [1.54, 1.807) is 27.4 Å². The number of ether oxygens (including phenoxy) is 3. The first-order chi connectivity index (χ1) is 8.58. The average molecular weight is 249 g/mol. The summed E-state index contributed by atoms with van der Waals surface area (Å²) in [6.07, 6.45) is 0. The highest BCUT2D eigenvalue weighted by Crippen LogP contribution is 2.39. The predicted molar refractivity (Wildman–Crippen MR) is 69.3 cm³/mol. The zero-order valence-electron chi connectivity index (χ0n) is 11.5. The lowest BCUT2D eigenvalue weighted by molar-refractivity contribution is 0.346. The molecule has 1 unspecified atom stereocenters. The minimum absolute atomic E-state index is 0.196. The Hall–Kier alpha value is -1.89. The molecule has 0 amide bonds. The van der Waals surface area contributed by atoms with Crippen molar-refractivity contribution in [3.8, 4) is 23.3 Å². The van der Waals surface area contributed by atoms with E-state index in [0.29, 0.717) is 17.2 Å². The van der Waals surface area contributed by atoms with E-state index in [1.165, 1.54) is 0 Å². The monoisotopic (exact) mass is 249 g/mol. The number of nitriles is 1. The zero-order valence-corrected chi connectivity index (χ0v) is 11.5. The molecule has 0 aromatic heterocycles. The fourth-order valence-corrected chi connectivity index (χ4v) is 1.87. The number of hydrogen-bond acceptors (Lipinski definition) is 4. The second-order valence-electron chi connectivity index (χ2n) is 4.30. The van der Waals surface area contributed by atoms with Gasteiger partial charge in [-0.25, -0.2) is 0 Å². The summed E-state index contributed by atoms with van der Waals surface area (Å²) in [5, 5.41) is 9.28. The first-order valence-electron chi connectivity index (χ1n) is 5.78. The number of benzene rings is 1.